The number of aromatic hydroxyl groups is 2. The standard InChI is InChI=1S/C19H16N2O5/c1-2-11-3-6-13(7-4-11)21-18(25)14(17(24)20-19(21)26)9-12-5-8-15(22)16(23)10-12/h3-10,22-23H,2H2,1H3,(H,20,24,26)/b14-9-. The van der Waals surface area contributed by atoms with Crippen molar-refractivity contribution >= 4 is 29.6 Å². The third-order valence-electron chi connectivity index (χ3n) is 4.01. The highest BCUT2D eigenvalue weighted by atomic mass is 16.3. The van der Waals surface area contributed by atoms with Crippen molar-refractivity contribution in [3.63, 3.8) is 0 Å². The number of urea groups is 1. The molecule has 1 heterocycles. The van der Waals surface area contributed by atoms with Crippen LogP contribution in [0, 0.1) is 0 Å². The van der Waals surface area contributed by atoms with Gasteiger partial charge in [0, 0.05) is 0 Å². The second-order valence-corrected chi connectivity index (χ2v) is 5.73. The molecule has 2 aromatic carbocycles. The number of carbonyl (C=O) groups excluding carboxylic acids is 3. The number of anilines is 1. The fourth-order valence-corrected chi connectivity index (χ4v) is 2.57. The first-order valence-electron chi connectivity index (χ1n) is 7.93. The van der Waals surface area contributed by atoms with Crippen LogP contribution in [0.1, 0.15) is 18.1 Å². The number of rotatable bonds is 3. The number of hydrogen-bond acceptors (Lipinski definition) is 5. The van der Waals surface area contributed by atoms with Crippen molar-refractivity contribution in [3.05, 3.63) is 59.2 Å². The number of imide groups is 2. The fraction of sp³-hybridized carbons (Fsp3) is 0.105. The highest BCUT2D eigenvalue weighted by Crippen LogP contribution is 2.27. The van der Waals surface area contributed by atoms with Gasteiger partial charge in [-0.15, -0.1) is 0 Å². The van der Waals surface area contributed by atoms with Gasteiger partial charge in [-0.1, -0.05) is 25.1 Å². The molecule has 132 valence electrons. The zero-order valence-corrected chi connectivity index (χ0v) is 13.9. The lowest BCUT2D eigenvalue weighted by Crippen LogP contribution is -2.54. The minimum atomic E-state index is -0.825. The number of carbonyl (C=O) groups is 3. The van der Waals surface area contributed by atoms with Crippen LogP contribution in [0.15, 0.2) is 48.0 Å². The van der Waals surface area contributed by atoms with Crippen LogP contribution < -0.4 is 10.2 Å². The average molecular weight is 352 g/mol. The molecule has 0 spiro atoms. The molecule has 0 unspecified atom stereocenters. The lowest BCUT2D eigenvalue weighted by atomic mass is 10.1. The highest BCUT2D eigenvalue weighted by molar-refractivity contribution is 6.39. The van der Waals surface area contributed by atoms with Gasteiger partial charge in [-0.2, -0.15) is 0 Å². The monoisotopic (exact) mass is 352 g/mol. The number of amides is 4. The molecule has 3 rings (SSSR count). The number of nitrogens with zero attached hydrogens (tertiary/aromatic N) is 1. The summed E-state index contributed by atoms with van der Waals surface area (Å²) >= 11 is 0. The first kappa shape index (κ1) is 17.2. The summed E-state index contributed by atoms with van der Waals surface area (Å²) in [5.74, 6) is -2.30. The summed E-state index contributed by atoms with van der Waals surface area (Å²) < 4.78 is 0. The maximum atomic E-state index is 12.7. The van der Waals surface area contributed by atoms with E-state index in [0.29, 0.717) is 11.3 Å². The molecule has 3 N–H and O–H groups in total. The molecule has 0 aromatic heterocycles. The van der Waals surface area contributed by atoms with Gasteiger partial charge in [0.1, 0.15) is 5.57 Å². The van der Waals surface area contributed by atoms with Gasteiger partial charge in [-0.05, 0) is 47.9 Å². The Labute approximate surface area is 149 Å². The summed E-state index contributed by atoms with van der Waals surface area (Å²) in [6, 6.07) is 9.92. The minimum Gasteiger partial charge on any atom is -0.504 e. The molecule has 2 aromatic rings. The Kier molecular flexibility index (Phi) is 4.45. The third-order valence-corrected chi connectivity index (χ3v) is 4.01. The summed E-state index contributed by atoms with van der Waals surface area (Å²) in [4.78, 5) is 37.8. The van der Waals surface area contributed by atoms with Crippen LogP contribution in [0.4, 0.5) is 10.5 Å². The van der Waals surface area contributed by atoms with Crippen LogP contribution in [-0.4, -0.2) is 28.1 Å². The number of phenolic OH excluding ortho intramolecular Hbond substituents is 2. The Morgan fingerprint density at radius 3 is 2.31 bits per heavy atom. The van der Waals surface area contributed by atoms with E-state index in [1.54, 1.807) is 24.3 Å². The molecule has 1 aliphatic heterocycles. The van der Waals surface area contributed by atoms with Gasteiger partial charge in [0.05, 0.1) is 5.69 Å². The van der Waals surface area contributed by atoms with Crippen molar-refractivity contribution in [1.29, 1.82) is 0 Å². The second kappa shape index (κ2) is 6.72. The van der Waals surface area contributed by atoms with Gasteiger partial charge in [-0.25, -0.2) is 9.69 Å². The van der Waals surface area contributed by atoms with E-state index in [-0.39, 0.29) is 17.1 Å². The largest absolute Gasteiger partial charge is 0.504 e. The number of barbiturate groups is 1. The molecule has 1 saturated heterocycles. The maximum Gasteiger partial charge on any atom is 0.335 e. The maximum absolute atomic E-state index is 12.7. The molecule has 4 amide bonds. The van der Waals surface area contributed by atoms with E-state index in [1.165, 1.54) is 24.3 Å². The van der Waals surface area contributed by atoms with E-state index in [4.69, 9.17) is 0 Å². The van der Waals surface area contributed by atoms with Crippen molar-refractivity contribution in [2.45, 2.75) is 13.3 Å². The van der Waals surface area contributed by atoms with Crippen molar-refractivity contribution in [1.82, 2.24) is 5.32 Å². The normalized spacial score (nSPS) is 16.1. The van der Waals surface area contributed by atoms with Crippen molar-refractivity contribution in [2.75, 3.05) is 4.90 Å². The van der Waals surface area contributed by atoms with Gasteiger partial charge in [0.2, 0.25) is 0 Å². The van der Waals surface area contributed by atoms with Crippen LogP contribution in [0.25, 0.3) is 6.08 Å². The first-order valence-corrected chi connectivity index (χ1v) is 7.93. The molecule has 0 saturated carbocycles. The Hall–Kier alpha value is -3.61. The third kappa shape index (κ3) is 3.14. The topological polar surface area (TPSA) is 107 Å². The Morgan fingerprint density at radius 1 is 1.00 bits per heavy atom. The molecule has 1 fully saturated rings. The van der Waals surface area contributed by atoms with Crippen LogP contribution in [0.5, 0.6) is 11.5 Å². The molecular weight excluding hydrogens is 336 g/mol. The smallest absolute Gasteiger partial charge is 0.335 e. The van der Waals surface area contributed by atoms with Crippen molar-refractivity contribution < 1.29 is 24.6 Å². The van der Waals surface area contributed by atoms with Crippen LogP contribution in [-0.2, 0) is 16.0 Å². The number of aryl methyl sites for hydroxylation is 1. The summed E-state index contributed by atoms with van der Waals surface area (Å²) in [6.45, 7) is 1.99. The van der Waals surface area contributed by atoms with E-state index in [0.717, 1.165) is 16.9 Å². The van der Waals surface area contributed by atoms with E-state index in [9.17, 15) is 24.6 Å². The minimum absolute atomic E-state index is 0.255. The van der Waals surface area contributed by atoms with Crippen LogP contribution in [0.2, 0.25) is 0 Å². The summed E-state index contributed by atoms with van der Waals surface area (Å²) in [5.41, 5.74) is 1.46. The lowest BCUT2D eigenvalue weighted by Gasteiger charge is -2.26. The molecule has 26 heavy (non-hydrogen) atoms. The Bertz CT molecular complexity index is 931. The number of phenols is 2. The van der Waals surface area contributed by atoms with E-state index in [2.05, 4.69) is 5.32 Å². The van der Waals surface area contributed by atoms with Crippen molar-refractivity contribution in [2.24, 2.45) is 0 Å². The zero-order chi connectivity index (χ0) is 18.8. The lowest BCUT2D eigenvalue weighted by molar-refractivity contribution is -0.122. The number of hydrogen-bond donors (Lipinski definition) is 3. The van der Waals surface area contributed by atoms with Gasteiger partial charge in [0.15, 0.2) is 11.5 Å². The van der Waals surface area contributed by atoms with Crippen molar-refractivity contribution in [3.8, 4) is 11.5 Å². The van der Waals surface area contributed by atoms with Gasteiger partial charge in [0.25, 0.3) is 11.8 Å². The molecular formula is C19H16N2O5. The second-order valence-electron chi connectivity index (χ2n) is 5.73. The van der Waals surface area contributed by atoms with Crippen LogP contribution >= 0.6 is 0 Å². The summed E-state index contributed by atoms with van der Waals surface area (Å²) in [5, 5.41) is 21.0. The molecule has 0 radical (unpaired) electrons. The molecule has 0 atom stereocenters. The summed E-state index contributed by atoms with van der Waals surface area (Å²) in [6.07, 6.45) is 2.06. The highest BCUT2D eigenvalue weighted by Gasteiger charge is 2.36. The quantitative estimate of drug-likeness (QED) is 0.446. The number of nitrogens with one attached hydrogen (secondary N) is 1. The SMILES string of the molecule is CCc1ccc(N2C(=O)NC(=O)/C(=C/c3ccc(O)c(O)c3)C2=O)cc1. The van der Waals surface area contributed by atoms with E-state index >= 15 is 0 Å². The predicted molar refractivity (Wildman–Crippen MR) is 94.6 cm³/mol. The Balaban J connectivity index is 1.99. The predicted octanol–water partition coefficient (Wildman–Crippen LogP) is 2.33. The molecule has 0 aliphatic carbocycles. The molecule has 7 heteroatoms. The molecule has 7 nitrogen and oxygen atoms in total. The molecule has 0 bridgehead atoms. The summed E-state index contributed by atoms with van der Waals surface area (Å²) in [7, 11) is 0. The Morgan fingerprint density at radius 2 is 1.69 bits per heavy atom. The van der Waals surface area contributed by atoms with E-state index < -0.39 is 17.8 Å². The first-order chi connectivity index (χ1) is 12.4. The average Bonchev–Trinajstić information content (AvgIpc) is 2.62. The fourth-order valence-electron chi connectivity index (χ4n) is 2.57. The number of benzene rings is 2. The van der Waals surface area contributed by atoms with Gasteiger partial charge in [-0.3, -0.25) is 14.9 Å². The van der Waals surface area contributed by atoms with Gasteiger partial charge < -0.3 is 10.2 Å². The van der Waals surface area contributed by atoms with Crippen LogP contribution in [0.3, 0.4) is 0 Å². The van der Waals surface area contributed by atoms with Gasteiger partial charge >= 0.3 is 6.03 Å². The van der Waals surface area contributed by atoms with E-state index in [1.807, 2.05) is 6.92 Å². The zero-order valence-electron chi connectivity index (χ0n) is 13.9. The molecule has 1 aliphatic rings.